The standard InChI is InChI=1S/C30H50O/c1-25(2)14-9-15-28(6)21(25)13-17-30(8)23(28)11-10-22-27(5)19-18-26(3,4)24(31)20(27)12-16-29(22,30)7/h20-23H,9-19H2,1-8H3/t20-,21+,22+,23+,27-,28+,29+,30+/m1/s1. The van der Waals surface area contributed by atoms with Gasteiger partial charge in [-0.1, -0.05) is 61.8 Å². The number of ketones is 1. The summed E-state index contributed by atoms with van der Waals surface area (Å²) in [5.74, 6) is 3.42. The van der Waals surface area contributed by atoms with Crippen LogP contribution >= 0.6 is 0 Å². The molecule has 0 spiro atoms. The van der Waals surface area contributed by atoms with Gasteiger partial charge in [0, 0.05) is 11.3 Å². The summed E-state index contributed by atoms with van der Waals surface area (Å²) in [5, 5.41) is 0. The van der Waals surface area contributed by atoms with E-state index >= 15 is 0 Å². The summed E-state index contributed by atoms with van der Waals surface area (Å²) in [6.45, 7) is 20.3. The number of carbonyl (C=O) groups excluding carboxylic acids is 1. The molecule has 5 rings (SSSR count). The predicted molar refractivity (Wildman–Crippen MR) is 130 cm³/mol. The number of hydrogen-bond acceptors (Lipinski definition) is 1. The lowest BCUT2D eigenvalue weighted by atomic mass is 9.31. The molecule has 0 heterocycles. The van der Waals surface area contributed by atoms with Crippen LogP contribution in [0.25, 0.3) is 0 Å². The molecule has 1 heteroatoms. The molecule has 31 heavy (non-hydrogen) atoms. The fourth-order valence-corrected chi connectivity index (χ4v) is 11.5. The number of carbonyl (C=O) groups is 1. The van der Waals surface area contributed by atoms with Gasteiger partial charge in [-0.3, -0.25) is 4.79 Å². The quantitative estimate of drug-likeness (QED) is 0.379. The van der Waals surface area contributed by atoms with Gasteiger partial charge >= 0.3 is 0 Å². The number of Topliss-reactive ketones (excluding diaryl/α,β-unsaturated/α-hetero) is 1. The SMILES string of the molecule is CC1(C)CC[C@]2(C)[C@H](CC[C@@]3(C)[C@H]2CC[C@H]2[C@@]4(C)CCCC(C)(C)[C@@H]4CC[C@@]23C)C1=O. The van der Waals surface area contributed by atoms with Gasteiger partial charge in [0.2, 0.25) is 0 Å². The molecular weight excluding hydrogens is 376 g/mol. The van der Waals surface area contributed by atoms with Gasteiger partial charge in [0.1, 0.15) is 5.78 Å². The maximum absolute atomic E-state index is 13.5. The van der Waals surface area contributed by atoms with Crippen LogP contribution in [0.4, 0.5) is 0 Å². The van der Waals surface area contributed by atoms with E-state index in [4.69, 9.17) is 0 Å². The zero-order valence-electron chi connectivity index (χ0n) is 22.0. The lowest BCUT2D eigenvalue weighted by Gasteiger charge is -2.73. The first-order valence-corrected chi connectivity index (χ1v) is 13.8. The van der Waals surface area contributed by atoms with Crippen molar-refractivity contribution in [3.63, 3.8) is 0 Å². The van der Waals surface area contributed by atoms with Crippen molar-refractivity contribution in [1.29, 1.82) is 0 Å². The van der Waals surface area contributed by atoms with Gasteiger partial charge in [0.25, 0.3) is 0 Å². The molecule has 0 aliphatic heterocycles. The van der Waals surface area contributed by atoms with Crippen LogP contribution in [-0.4, -0.2) is 5.78 Å². The molecule has 0 N–H and O–H groups in total. The first-order valence-electron chi connectivity index (χ1n) is 13.8. The van der Waals surface area contributed by atoms with E-state index in [1.807, 2.05) is 0 Å². The Bertz CT molecular complexity index is 777. The zero-order chi connectivity index (χ0) is 22.7. The highest BCUT2D eigenvalue weighted by Gasteiger charge is 2.70. The predicted octanol–water partition coefficient (Wildman–Crippen LogP) is 8.46. The average molecular weight is 427 g/mol. The van der Waals surface area contributed by atoms with Crippen LogP contribution in [0.15, 0.2) is 0 Å². The van der Waals surface area contributed by atoms with Crippen molar-refractivity contribution in [2.45, 2.75) is 126 Å². The molecule has 1 nitrogen and oxygen atoms in total. The number of fused-ring (bicyclic) bond motifs is 7. The third kappa shape index (κ3) is 2.65. The van der Waals surface area contributed by atoms with E-state index in [1.54, 1.807) is 0 Å². The highest BCUT2D eigenvalue weighted by atomic mass is 16.1. The summed E-state index contributed by atoms with van der Waals surface area (Å²) in [6, 6.07) is 0. The smallest absolute Gasteiger partial charge is 0.142 e. The van der Waals surface area contributed by atoms with Gasteiger partial charge in [-0.05, 0) is 109 Å². The van der Waals surface area contributed by atoms with Crippen molar-refractivity contribution >= 4 is 5.78 Å². The Balaban J connectivity index is 1.53. The lowest BCUT2D eigenvalue weighted by molar-refractivity contribution is -0.246. The molecule has 5 aliphatic carbocycles. The fraction of sp³-hybridized carbons (Fsp3) is 0.967. The first-order chi connectivity index (χ1) is 14.2. The van der Waals surface area contributed by atoms with Crippen molar-refractivity contribution in [2.75, 3.05) is 0 Å². The van der Waals surface area contributed by atoms with Crippen molar-refractivity contribution in [3.05, 3.63) is 0 Å². The normalized spacial score (nSPS) is 55.4. The summed E-state index contributed by atoms with van der Waals surface area (Å²) in [5.41, 5.74) is 2.01. The third-order valence-corrected chi connectivity index (χ3v) is 13.4. The molecule has 5 aliphatic rings. The molecule has 176 valence electrons. The van der Waals surface area contributed by atoms with Crippen LogP contribution in [0, 0.1) is 56.2 Å². The molecule has 0 aromatic carbocycles. The third-order valence-electron chi connectivity index (χ3n) is 13.4. The van der Waals surface area contributed by atoms with Crippen molar-refractivity contribution in [1.82, 2.24) is 0 Å². The highest BCUT2D eigenvalue weighted by molar-refractivity contribution is 5.88. The molecule has 0 aromatic rings. The van der Waals surface area contributed by atoms with Gasteiger partial charge in [0.15, 0.2) is 0 Å². The van der Waals surface area contributed by atoms with E-state index < -0.39 is 0 Å². The summed E-state index contributed by atoms with van der Waals surface area (Å²) >= 11 is 0. The van der Waals surface area contributed by atoms with Crippen LogP contribution in [0.5, 0.6) is 0 Å². The van der Waals surface area contributed by atoms with Gasteiger partial charge in [-0.2, -0.15) is 0 Å². The molecule has 8 atom stereocenters. The summed E-state index contributed by atoms with van der Waals surface area (Å²) < 4.78 is 0. The first kappa shape index (κ1) is 22.5. The fourth-order valence-electron chi connectivity index (χ4n) is 11.5. The Morgan fingerprint density at radius 1 is 0.581 bits per heavy atom. The molecule has 0 saturated heterocycles. The molecule has 0 radical (unpaired) electrons. The molecule has 5 saturated carbocycles. The van der Waals surface area contributed by atoms with Gasteiger partial charge in [-0.15, -0.1) is 0 Å². The summed E-state index contributed by atoms with van der Waals surface area (Å²) in [4.78, 5) is 13.5. The van der Waals surface area contributed by atoms with Crippen molar-refractivity contribution in [3.8, 4) is 0 Å². The minimum Gasteiger partial charge on any atom is -0.299 e. The van der Waals surface area contributed by atoms with Crippen molar-refractivity contribution in [2.24, 2.45) is 56.2 Å². The van der Waals surface area contributed by atoms with Crippen LogP contribution < -0.4 is 0 Å². The van der Waals surface area contributed by atoms with Crippen molar-refractivity contribution < 1.29 is 4.79 Å². The van der Waals surface area contributed by atoms with E-state index in [0.717, 1.165) is 30.6 Å². The van der Waals surface area contributed by atoms with Crippen LogP contribution in [0.2, 0.25) is 0 Å². The molecule has 5 fully saturated rings. The Kier molecular flexibility index (Phi) is 4.65. The van der Waals surface area contributed by atoms with Gasteiger partial charge in [-0.25, -0.2) is 0 Å². The second-order valence-electron chi connectivity index (χ2n) is 15.3. The maximum Gasteiger partial charge on any atom is 0.142 e. The topological polar surface area (TPSA) is 17.1 Å². The second kappa shape index (κ2) is 6.41. The molecule has 0 aromatic heterocycles. The van der Waals surface area contributed by atoms with Crippen LogP contribution in [-0.2, 0) is 4.79 Å². The zero-order valence-corrected chi connectivity index (χ0v) is 22.0. The minimum atomic E-state index is -0.0990. The van der Waals surface area contributed by atoms with Gasteiger partial charge in [0.05, 0.1) is 0 Å². The number of hydrogen-bond donors (Lipinski definition) is 0. The van der Waals surface area contributed by atoms with E-state index in [9.17, 15) is 4.79 Å². The van der Waals surface area contributed by atoms with Crippen LogP contribution in [0.1, 0.15) is 126 Å². The maximum atomic E-state index is 13.5. The molecule has 0 bridgehead atoms. The molecule has 0 unspecified atom stereocenters. The van der Waals surface area contributed by atoms with E-state index in [-0.39, 0.29) is 10.8 Å². The Morgan fingerprint density at radius 3 is 1.81 bits per heavy atom. The van der Waals surface area contributed by atoms with Crippen LogP contribution in [0.3, 0.4) is 0 Å². The molecular formula is C30H50O. The summed E-state index contributed by atoms with van der Waals surface area (Å²) in [7, 11) is 0. The monoisotopic (exact) mass is 426 g/mol. The van der Waals surface area contributed by atoms with E-state index in [0.29, 0.717) is 33.4 Å². The van der Waals surface area contributed by atoms with E-state index in [2.05, 4.69) is 55.4 Å². The highest BCUT2D eigenvalue weighted by Crippen LogP contribution is 2.77. The average Bonchev–Trinajstić information content (AvgIpc) is 2.65. The minimum absolute atomic E-state index is 0.0990. The van der Waals surface area contributed by atoms with E-state index in [1.165, 1.54) is 57.8 Å². The van der Waals surface area contributed by atoms with Gasteiger partial charge < -0.3 is 0 Å². The Hall–Kier alpha value is -0.330. The summed E-state index contributed by atoms with van der Waals surface area (Å²) in [6.07, 6.45) is 14.8. The Labute approximate surface area is 192 Å². The number of rotatable bonds is 0. The second-order valence-corrected chi connectivity index (χ2v) is 15.3. The largest absolute Gasteiger partial charge is 0.299 e. The Morgan fingerprint density at radius 2 is 1.16 bits per heavy atom. The molecule has 0 amide bonds. The lowest BCUT2D eigenvalue weighted by Crippen LogP contribution is -2.67.